The maximum absolute atomic E-state index is 6.17. The van der Waals surface area contributed by atoms with Crippen LogP contribution in [0.1, 0.15) is 24.4 Å². The Balaban J connectivity index is 1.47. The SMILES string of the molecule is c1ccc([C@@H]2COC([C@@H]3CCCN3P(c3ccccc3)c3ccccc3)=N2)cc1. The Labute approximate surface area is 173 Å². The van der Waals surface area contributed by atoms with Crippen LogP contribution in [0.4, 0.5) is 0 Å². The van der Waals surface area contributed by atoms with Crippen molar-refractivity contribution in [3.63, 3.8) is 0 Å². The van der Waals surface area contributed by atoms with E-state index in [9.17, 15) is 0 Å². The van der Waals surface area contributed by atoms with Gasteiger partial charge in [0.25, 0.3) is 0 Å². The molecule has 1 saturated heterocycles. The zero-order valence-electron chi connectivity index (χ0n) is 16.4. The third-order valence-electron chi connectivity index (χ3n) is 5.62. The maximum atomic E-state index is 6.17. The molecule has 2 aliphatic rings. The van der Waals surface area contributed by atoms with E-state index >= 15 is 0 Å². The number of aliphatic imine (C=N–C) groups is 1. The number of ether oxygens (including phenoxy) is 1. The molecule has 0 bridgehead atoms. The van der Waals surface area contributed by atoms with Crippen molar-refractivity contribution in [2.24, 2.45) is 4.99 Å². The average molecular weight is 400 g/mol. The predicted molar refractivity (Wildman–Crippen MR) is 121 cm³/mol. The zero-order chi connectivity index (χ0) is 19.5. The first-order valence-electron chi connectivity index (χ1n) is 10.3. The summed E-state index contributed by atoms with van der Waals surface area (Å²) in [5.41, 5.74) is 1.24. The second kappa shape index (κ2) is 8.49. The molecule has 146 valence electrons. The number of benzene rings is 3. The summed E-state index contributed by atoms with van der Waals surface area (Å²) in [6, 6.07) is 32.7. The molecule has 0 spiro atoms. The van der Waals surface area contributed by atoms with Crippen molar-refractivity contribution in [3.8, 4) is 0 Å². The van der Waals surface area contributed by atoms with Gasteiger partial charge in [0.15, 0.2) is 0 Å². The molecule has 3 aromatic rings. The Morgan fingerprint density at radius 1 is 0.793 bits per heavy atom. The van der Waals surface area contributed by atoms with Crippen molar-refractivity contribution in [2.75, 3.05) is 13.2 Å². The van der Waals surface area contributed by atoms with Gasteiger partial charge >= 0.3 is 0 Å². The van der Waals surface area contributed by atoms with E-state index in [1.165, 1.54) is 22.6 Å². The molecule has 0 aliphatic carbocycles. The van der Waals surface area contributed by atoms with Gasteiger partial charge in [-0.3, -0.25) is 4.67 Å². The molecule has 2 aliphatic heterocycles. The molecule has 3 nitrogen and oxygen atoms in total. The van der Waals surface area contributed by atoms with Crippen LogP contribution in [0, 0.1) is 0 Å². The highest BCUT2D eigenvalue weighted by Gasteiger charge is 2.38. The Morgan fingerprint density at radius 3 is 2.00 bits per heavy atom. The quantitative estimate of drug-likeness (QED) is 0.582. The van der Waals surface area contributed by atoms with Gasteiger partial charge in [-0.2, -0.15) is 0 Å². The van der Waals surface area contributed by atoms with Gasteiger partial charge < -0.3 is 4.74 Å². The smallest absolute Gasteiger partial charge is 0.202 e. The van der Waals surface area contributed by atoms with Gasteiger partial charge in [0.1, 0.15) is 12.6 Å². The molecule has 4 heteroatoms. The summed E-state index contributed by atoms with van der Waals surface area (Å²) in [6.07, 6.45) is 2.29. The zero-order valence-corrected chi connectivity index (χ0v) is 17.3. The lowest BCUT2D eigenvalue weighted by atomic mass is 10.1. The molecule has 0 amide bonds. The number of hydrogen-bond acceptors (Lipinski definition) is 3. The van der Waals surface area contributed by atoms with Crippen LogP contribution >= 0.6 is 8.07 Å². The topological polar surface area (TPSA) is 24.8 Å². The summed E-state index contributed by atoms with van der Waals surface area (Å²) >= 11 is 0. The predicted octanol–water partition coefficient (Wildman–Crippen LogP) is 4.67. The Kier molecular flexibility index (Phi) is 5.43. The lowest BCUT2D eigenvalue weighted by molar-refractivity contribution is 0.293. The van der Waals surface area contributed by atoms with Crippen molar-refractivity contribution in [1.82, 2.24) is 4.67 Å². The summed E-state index contributed by atoms with van der Waals surface area (Å²) in [6.45, 7) is 1.73. The molecule has 5 rings (SSSR count). The van der Waals surface area contributed by atoms with E-state index in [1.54, 1.807) is 0 Å². The number of rotatable bonds is 5. The van der Waals surface area contributed by atoms with Crippen molar-refractivity contribution in [3.05, 3.63) is 96.6 Å². The average Bonchev–Trinajstić information content (AvgIpc) is 3.46. The minimum atomic E-state index is -0.603. The van der Waals surface area contributed by atoms with Crippen LogP contribution in [0.2, 0.25) is 0 Å². The van der Waals surface area contributed by atoms with E-state index in [2.05, 4.69) is 95.7 Å². The van der Waals surface area contributed by atoms with Gasteiger partial charge in [0, 0.05) is 14.6 Å². The van der Waals surface area contributed by atoms with E-state index in [1.807, 2.05) is 0 Å². The monoisotopic (exact) mass is 400 g/mol. The highest BCUT2D eigenvalue weighted by molar-refractivity contribution is 7.70. The summed E-state index contributed by atoms with van der Waals surface area (Å²) < 4.78 is 8.82. The largest absolute Gasteiger partial charge is 0.477 e. The number of hydrogen-bond donors (Lipinski definition) is 0. The van der Waals surface area contributed by atoms with Crippen molar-refractivity contribution < 1.29 is 4.74 Å². The first-order chi connectivity index (χ1) is 14.4. The van der Waals surface area contributed by atoms with E-state index < -0.39 is 8.07 Å². The van der Waals surface area contributed by atoms with Gasteiger partial charge in [0.05, 0.1) is 6.04 Å². The van der Waals surface area contributed by atoms with Crippen LogP contribution in [0.3, 0.4) is 0 Å². The molecule has 2 heterocycles. The molecular weight excluding hydrogens is 375 g/mol. The molecule has 0 unspecified atom stereocenters. The molecule has 0 N–H and O–H groups in total. The van der Waals surface area contributed by atoms with Crippen LogP contribution < -0.4 is 10.6 Å². The Morgan fingerprint density at radius 2 is 1.38 bits per heavy atom. The second-order valence-corrected chi connectivity index (χ2v) is 9.68. The van der Waals surface area contributed by atoms with Crippen molar-refractivity contribution in [2.45, 2.75) is 24.9 Å². The summed E-state index contributed by atoms with van der Waals surface area (Å²) in [4.78, 5) is 5.02. The molecule has 3 aromatic carbocycles. The van der Waals surface area contributed by atoms with Crippen LogP contribution in [-0.2, 0) is 4.74 Å². The minimum Gasteiger partial charge on any atom is -0.477 e. The van der Waals surface area contributed by atoms with E-state index in [0.29, 0.717) is 6.61 Å². The summed E-state index contributed by atoms with van der Waals surface area (Å²) in [5.74, 6) is 0.927. The summed E-state index contributed by atoms with van der Waals surface area (Å²) in [7, 11) is -0.603. The molecule has 29 heavy (non-hydrogen) atoms. The first-order valence-corrected chi connectivity index (χ1v) is 11.6. The normalized spacial score (nSPS) is 21.9. The molecule has 0 aromatic heterocycles. The lowest BCUT2D eigenvalue weighted by Gasteiger charge is -2.33. The fourth-order valence-corrected chi connectivity index (χ4v) is 6.88. The fraction of sp³-hybridized carbons (Fsp3) is 0.240. The molecule has 0 saturated carbocycles. The van der Waals surface area contributed by atoms with Crippen LogP contribution in [0.15, 0.2) is 96.0 Å². The third-order valence-corrected chi connectivity index (χ3v) is 8.19. The van der Waals surface area contributed by atoms with Gasteiger partial charge in [-0.05, 0) is 29.0 Å². The van der Waals surface area contributed by atoms with Gasteiger partial charge in [0.2, 0.25) is 5.90 Å². The van der Waals surface area contributed by atoms with Crippen LogP contribution in [0.25, 0.3) is 0 Å². The maximum Gasteiger partial charge on any atom is 0.202 e. The second-order valence-electron chi connectivity index (χ2n) is 7.51. The van der Waals surface area contributed by atoms with Gasteiger partial charge in [-0.1, -0.05) is 91.0 Å². The van der Waals surface area contributed by atoms with E-state index in [-0.39, 0.29) is 12.1 Å². The van der Waals surface area contributed by atoms with Crippen molar-refractivity contribution >= 4 is 24.6 Å². The lowest BCUT2D eigenvalue weighted by Crippen LogP contribution is -2.37. The van der Waals surface area contributed by atoms with Crippen LogP contribution in [0.5, 0.6) is 0 Å². The summed E-state index contributed by atoms with van der Waals surface area (Å²) in [5, 5.41) is 2.78. The minimum absolute atomic E-state index is 0.119. The highest BCUT2D eigenvalue weighted by Crippen LogP contribution is 2.45. The fourth-order valence-electron chi connectivity index (χ4n) is 4.25. The first kappa shape index (κ1) is 18.5. The molecule has 0 radical (unpaired) electrons. The standard InChI is InChI=1S/C25H25N2OP/c1-4-11-20(12-5-1)23-19-28-25(26-23)24-17-10-18-27(24)29(21-13-6-2-7-14-21)22-15-8-3-9-16-22/h1-9,11-16,23-24H,10,17-19H2/t23-,24-/m0/s1. The molecule has 1 fully saturated rings. The van der Waals surface area contributed by atoms with E-state index in [4.69, 9.17) is 9.73 Å². The highest BCUT2D eigenvalue weighted by atomic mass is 31.1. The molecule has 2 atom stereocenters. The Hall–Kier alpha value is -2.48. The van der Waals surface area contributed by atoms with Gasteiger partial charge in [-0.25, -0.2) is 4.99 Å². The number of nitrogens with zero attached hydrogens (tertiary/aromatic N) is 2. The molecular formula is C25H25N2OP. The van der Waals surface area contributed by atoms with E-state index in [0.717, 1.165) is 18.9 Å². The van der Waals surface area contributed by atoms with Gasteiger partial charge in [-0.15, -0.1) is 0 Å². The third kappa shape index (κ3) is 3.85. The Bertz CT molecular complexity index is 922. The van der Waals surface area contributed by atoms with Crippen LogP contribution in [-0.4, -0.2) is 29.8 Å². The van der Waals surface area contributed by atoms with Crippen molar-refractivity contribution in [1.29, 1.82) is 0 Å².